The summed E-state index contributed by atoms with van der Waals surface area (Å²) in [6.07, 6.45) is 2.84. The standard InChI is InChI=1S/C10H17ClN4O/c1-14-4-6-15(7-5-14)10(16)8(12)2-3-9(11)13/h2-3H,4-7,12-13H2,1H3/b8-2-,9-3-. The van der Waals surface area contributed by atoms with Gasteiger partial charge in [-0.3, -0.25) is 4.79 Å². The molecule has 16 heavy (non-hydrogen) atoms. The van der Waals surface area contributed by atoms with Gasteiger partial charge in [0.25, 0.3) is 5.91 Å². The van der Waals surface area contributed by atoms with Crippen LogP contribution >= 0.6 is 11.6 Å². The normalized spacial score (nSPS) is 20.0. The number of hydrogen-bond donors (Lipinski definition) is 2. The fourth-order valence-corrected chi connectivity index (χ4v) is 1.50. The van der Waals surface area contributed by atoms with Gasteiger partial charge in [-0.1, -0.05) is 11.6 Å². The molecular weight excluding hydrogens is 228 g/mol. The molecule has 0 bridgehead atoms. The molecule has 0 aromatic carbocycles. The largest absolute Gasteiger partial charge is 0.394 e. The summed E-state index contributed by atoms with van der Waals surface area (Å²) in [4.78, 5) is 15.7. The second-order valence-electron chi connectivity index (χ2n) is 3.77. The molecule has 90 valence electrons. The number of nitrogens with zero attached hydrogens (tertiary/aromatic N) is 2. The van der Waals surface area contributed by atoms with Crippen molar-refractivity contribution in [3.05, 3.63) is 23.0 Å². The lowest BCUT2D eigenvalue weighted by atomic mass is 10.3. The number of piperazine rings is 1. The Morgan fingerprint density at radius 1 is 1.19 bits per heavy atom. The van der Waals surface area contributed by atoms with E-state index in [2.05, 4.69) is 4.90 Å². The summed E-state index contributed by atoms with van der Waals surface area (Å²) in [5.74, 6) is -0.165. The van der Waals surface area contributed by atoms with E-state index in [-0.39, 0.29) is 16.8 Å². The lowest BCUT2D eigenvalue weighted by Gasteiger charge is -2.32. The number of halogens is 1. The van der Waals surface area contributed by atoms with Crippen molar-refractivity contribution in [3.63, 3.8) is 0 Å². The molecule has 5 nitrogen and oxygen atoms in total. The van der Waals surface area contributed by atoms with Crippen LogP contribution in [0.25, 0.3) is 0 Å². The van der Waals surface area contributed by atoms with Crippen LogP contribution in [-0.4, -0.2) is 48.9 Å². The van der Waals surface area contributed by atoms with E-state index in [1.165, 1.54) is 12.2 Å². The van der Waals surface area contributed by atoms with E-state index in [4.69, 9.17) is 23.1 Å². The van der Waals surface area contributed by atoms with Crippen molar-refractivity contribution in [1.29, 1.82) is 0 Å². The molecule has 0 aromatic rings. The Kier molecular flexibility index (Phi) is 4.64. The van der Waals surface area contributed by atoms with E-state index in [0.717, 1.165) is 13.1 Å². The van der Waals surface area contributed by atoms with Crippen LogP contribution < -0.4 is 11.5 Å². The number of rotatable bonds is 2. The Morgan fingerprint density at radius 3 is 2.25 bits per heavy atom. The molecule has 1 amide bonds. The molecule has 1 rings (SSSR count). The molecule has 1 heterocycles. The fraction of sp³-hybridized carbons (Fsp3) is 0.500. The summed E-state index contributed by atoms with van der Waals surface area (Å²) < 4.78 is 0. The molecule has 1 aliphatic heterocycles. The lowest BCUT2D eigenvalue weighted by molar-refractivity contribution is -0.128. The first kappa shape index (κ1) is 12.9. The molecule has 0 atom stereocenters. The molecule has 0 radical (unpaired) electrons. The second-order valence-corrected chi connectivity index (χ2v) is 4.21. The quantitative estimate of drug-likeness (QED) is 0.395. The number of amides is 1. The van der Waals surface area contributed by atoms with Gasteiger partial charge >= 0.3 is 0 Å². The highest BCUT2D eigenvalue weighted by Crippen LogP contribution is 2.03. The zero-order chi connectivity index (χ0) is 12.1. The van der Waals surface area contributed by atoms with Crippen LogP contribution in [-0.2, 0) is 4.79 Å². The van der Waals surface area contributed by atoms with Gasteiger partial charge in [-0.25, -0.2) is 0 Å². The number of allylic oxidation sites excluding steroid dienone is 2. The highest BCUT2D eigenvalue weighted by atomic mass is 35.5. The van der Waals surface area contributed by atoms with Crippen molar-refractivity contribution in [3.8, 4) is 0 Å². The average Bonchev–Trinajstić information content (AvgIpc) is 2.26. The van der Waals surface area contributed by atoms with Gasteiger partial charge in [0.15, 0.2) is 0 Å². The van der Waals surface area contributed by atoms with Gasteiger partial charge in [0.2, 0.25) is 0 Å². The van der Waals surface area contributed by atoms with E-state index in [0.29, 0.717) is 13.1 Å². The lowest BCUT2D eigenvalue weighted by Crippen LogP contribution is -2.48. The number of likely N-dealkylation sites (N-methyl/N-ethyl adjacent to an activating group) is 1. The van der Waals surface area contributed by atoms with Crippen molar-refractivity contribution in [1.82, 2.24) is 9.80 Å². The van der Waals surface area contributed by atoms with Crippen molar-refractivity contribution < 1.29 is 4.79 Å². The predicted octanol–water partition coefficient (Wildman–Crippen LogP) is -0.358. The summed E-state index contributed by atoms with van der Waals surface area (Å²) in [7, 11) is 2.03. The summed E-state index contributed by atoms with van der Waals surface area (Å²) in [5, 5.41) is 0.106. The zero-order valence-electron chi connectivity index (χ0n) is 9.32. The number of carbonyl (C=O) groups is 1. The highest BCUT2D eigenvalue weighted by molar-refractivity contribution is 6.29. The Morgan fingerprint density at radius 2 is 1.75 bits per heavy atom. The van der Waals surface area contributed by atoms with Gasteiger partial charge in [-0.2, -0.15) is 0 Å². The minimum absolute atomic E-state index is 0.106. The third-order valence-electron chi connectivity index (χ3n) is 2.46. The number of nitrogens with two attached hydrogens (primary N) is 2. The van der Waals surface area contributed by atoms with Gasteiger partial charge in [0.1, 0.15) is 0 Å². The van der Waals surface area contributed by atoms with Gasteiger partial charge < -0.3 is 21.3 Å². The van der Waals surface area contributed by atoms with E-state index >= 15 is 0 Å². The Balaban J connectivity index is 2.57. The van der Waals surface area contributed by atoms with Crippen molar-refractivity contribution >= 4 is 17.5 Å². The summed E-state index contributed by atoms with van der Waals surface area (Å²) >= 11 is 5.44. The molecular formula is C10H17ClN4O. The van der Waals surface area contributed by atoms with Crippen LogP contribution in [0, 0.1) is 0 Å². The van der Waals surface area contributed by atoms with Crippen LogP contribution in [0.5, 0.6) is 0 Å². The maximum atomic E-state index is 11.8. The minimum Gasteiger partial charge on any atom is -0.394 e. The van der Waals surface area contributed by atoms with Gasteiger partial charge in [-0.15, -0.1) is 0 Å². The van der Waals surface area contributed by atoms with Crippen molar-refractivity contribution in [2.24, 2.45) is 11.5 Å². The summed E-state index contributed by atoms with van der Waals surface area (Å²) in [6, 6.07) is 0. The van der Waals surface area contributed by atoms with Crippen molar-refractivity contribution in [2.75, 3.05) is 33.2 Å². The smallest absolute Gasteiger partial charge is 0.269 e. The number of hydrogen-bond acceptors (Lipinski definition) is 4. The number of carbonyl (C=O) groups excluding carboxylic acids is 1. The Labute approximate surface area is 100 Å². The summed E-state index contributed by atoms with van der Waals surface area (Å²) in [6.45, 7) is 3.13. The third kappa shape index (κ3) is 3.75. The van der Waals surface area contributed by atoms with Crippen LogP contribution in [0.1, 0.15) is 0 Å². The van der Waals surface area contributed by atoms with Crippen LogP contribution in [0.15, 0.2) is 23.0 Å². The van der Waals surface area contributed by atoms with E-state index in [9.17, 15) is 4.79 Å². The first-order chi connectivity index (χ1) is 7.50. The Hall–Kier alpha value is -1.20. The van der Waals surface area contributed by atoms with Crippen LogP contribution in [0.4, 0.5) is 0 Å². The molecule has 6 heteroatoms. The molecule has 0 aliphatic carbocycles. The predicted molar refractivity (Wildman–Crippen MR) is 64.5 cm³/mol. The molecule has 1 fully saturated rings. The minimum atomic E-state index is -0.165. The molecule has 0 spiro atoms. The molecule has 1 aliphatic rings. The first-order valence-corrected chi connectivity index (χ1v) is 5.44. The maximum Gasteiger partial charge on any atom is 0.269 e. The second kappa shape index (κ2) is 5.77. The van der Waals surface area contributed by atoms with Crippen molar-refractivity contribution in [2.45, 2.75) is 0 Å². The van der Waals surface area contributed by atoms with E-state index in [1.54, 1.807) is 4.90 Å². The highest BCUT2D eigenvalue weighted by Gasteiger charge is 2.20. The molecule has 0 saturated carbocycles. The van der Waals surface area contributed by atoms with E-state index < -0.39 is 0 Å². The van der Waals surface area contributed by atoms with Gasteiger partial charge in [0, 0.05) is 26.2 Å². The maximum absolute atomic E-state index is 11.8. The molecule has 1 saturated heterocycles. The SMILES string of the molecule is CN1CCN(C(=O)/C(N)=C/C=C(\N)Cl)CC1. The van der Waals surface area contributed by atoms with E-state index in [1.807, 2.05) is 7.05 Å². The molecule has 0 aromatic heterocycles. The average molecular weight is 245 g/mol. The third-order valence-corrected chi connectivity index (χ3v) is 2.59. The molecule has 0 unspecified atom stereocenters. The topological polar surface area (TPSA) is 75.6 Å². The van der Waals surface area contributed by atoms with Crippen LogP contribution in [0.2, 0.25) is 0 Å². The van der Waals surface area contributed by atoms with Gasteiger partial charge in [0.05, 0.1) is 10.9 Å². The zero-order valence-corrected chi connectivity index (χ0v) is 10.1. The first-order valence-electron chi connectivity index (χ1n) is 5.07. The van der Waals surface area contributed by atoms with Gasteiger partial charge in [-0.05, 0) is 19.2 Å². The summed E-state index contributed by atoms with van der Waals surface area (Å²) in [5.41, 5.74) is 11.0. The Bertz CT molecular complexity index is 315. The monoisotopic (exact) mass is 244 g/mol. The van der Waals surface area contributed by atoms with Crippen LogP contribution in [0.3, 0.4) is 0 Å². The molecule has 4 N–H and O–H groups in total. The fourth-order valence-electron chi connectivity index (χ4n) is 1.43.